The van der Waals surface area contributed by atoms with Gasteiger partial charge in [0.05, 0.1) is 0 Å². The number of aliphatic imine (C=N–C) groups is 3. The van der Waals surface area contributed by atoms with Crippen LogP contribution in [0.5, 0.6) is 0 Å². The summed E-state index contributed by atoms with van der Waals surface area (Å²) >= 11 is 0. The van der Waals surface area contributed by atoms with Crippen LogP contribution < -0.4 is 0 Å². The van der Waals surface area contributed by atoms with E-state index >= 15 is 0 Å². The average Bonchev–Trinajstić information content (AvgIpc) is 2.59. The van der Waals surface area contributed by atoms with Crippen LogP contribution in [0, 0.1) is 0 Å². The van der Waals surface area contributed by atoms with Crippen LogP contribution in [0.4, 0.5) is 0 Å². The minimum Gasteiger partial charge on any atom is -0.477 e. The Morgan fingerprint density at radius 1 is 1.18 bits per heavy atom. The maximum absolute atomic E-state index is 4.87. The molecule has 0 aromatic rings. The van der Waals surface area contributed by atoms with Gasteiger partial charge < -0.3 is 4.74 Å². The van der Waals surface area contributed by atoms with Crippen LogP contribution in [0.3, 0.4) is 0 Å². The van der Waals surface area contributed by atoms with Gasteiger partial charge in [-0.25, -0.2) is 15.0 Å². The maximum Gasteiger partial charge on any atom is 0.177 e. The predicted molar refractivity (Wildman–Crippen MR) is 38.5 cm³/mol. The number of nitrogens with zero attached hydrogens (tertiary/aromatic N) is 3. The summed E-state index contributed by atoms with van der Waals surface area (Å²) in [5.74, 6) is 0.661. The molecule has 0 saturated carbocycles. The summed E-state index contributed by atoms with van der Waals surface area (Å²) in [4.78, 5) is 11.8. The molecular weight excluding hydrogens is 322 g/mol. The fourth-order valence-electron chi connectivity index (χ4n) is 0.767. The molecule has 0 spiro atoms. The van der Waals surface area contributed by atoms with Gasteiger partial charge in [0.1, 0.15) is 12.3 Å². The zero-order chi connectivity index (χ0) is 6.81. The van der Waals surface area contributed by atoms with E-state index in [0.29, 0.717) is 12.4 Å². The second-order valence-corrected chi connectivity index (χ2v) is 1.87. The van der Waals surface area contributed by atoms with Crippen LogP contribution in [0.1, 0.15) is 0 Å². The quantitative estimate of drug-likeness (QED) is 0.634. The Labute approximate surface area is 77.1 Å². The fourth-order valence-corrected chi connectivity index (χ4v) is 0.767. The standard InChI is InChI=1S/C6H5N3O.Ir/c1-2-8-6(7-1)5-3-10-4-9-5;/h1-2,4H,3H2;. The smallest absolute Gasteiger partial charge is 0.177 e. The van der Waals surface area contributed by atoms with Crippen LogP contribution in [-0.2, 0) is 24.8 Å². The van der Waals surface area contributed by atoms with Crippen molar-refractivity contribution >= 4 is 18.8 Å². The maximum atomic E-state index is 4.87. The molecule has 5 heteroatoms. The Kier molecular flexibility index (Phi) is 2.68. The minimum absolute atomic E-state index is 0. The summed E-state index contributed by atoms with van der Waals surface area (Å²) in [6, 6.07) is 0. The zero-order valence-electron chi connectivity index (χ0n) is 5.52. The number of rotatable bonds is 0. The van der Waals surface area contributed by atoms with E-state index in [2.05, 4.69) is 15.0 Å². The summed E-state index contributed by atoms with van der Waals surface area (Å²) in [5, 5.41) is 0. The molecule has 0 saturated heterocycles. The van der Waals surface area contributed by atoms with Gasteiger partial charge in [0, 0.05) is 32.5 Å². The van der Waals surface area contributed by atoms with Crippen molar-refractivity contribution in [3.63, 3.8) is 0 Å². The van der Waals surface area contributed by atoms with Gasteiger partial charge in [0.25, 0.3) is 0 Å². The summed E-state index contributed by atoms with van der Waals surface area (Å²) < 4.78 is 4.87. The Hall–Kier alpha value is -0.801. The first-order valence-electron chi connectivity index (χ1n) is 2.91. The largest absolute Gasteiger partial charge is 0.477 e. The van der Waals surface area contributed by atoms with E-state index in [-0.39, 0.29) is 20.1 Å². The minimum atomic E-state index is 0. The van der Waals surface area contributed by atoms with E-state index in [9.17, 15) is 0 Å². The van der Waals surface area contributed by atoms with E-state index in [0.717, 1.165) is 5.70 Å². The first-order valence-corrected chi connectivity index (χ1v) is 2.91. The van der Waals surface area contributed by atoms with Gasteiger partial charge in [-0.05, 0) is 0 Å². The topological polar surface area (TPSA) is 46.3 Å². The SMILES string of the molecule is C1=NC(=C2N=CC=N2)CO1.[Ir]. The summed E-state index contributed by atoms with van der Waals surface area (Å²) in [5.41, 5.74) is 0.796. The van der Waals surface area contributed by atoms with E-state index < -0.39 is 0 Å². The molecule has 4 nitrogen and oxygen atoms in total. The third-order valence-electron chi connectivity index (χ3n) is 1.22. The monoisotopic (exact) mass is 328 g/mol. The predicted octanol–water partition coefficient (Wildman–Crippen LogP) is 0.367. The molecule has 0 aromatic heterocycles. The molecule has 0 aliphatic carbocycles. The van der Waals surface area contributed by atoms with Crippen molar-refractivity contribution in [1.29, 1.82) is 0 Å². The average molecular weight is 327 g/mol. The van der Waals surface area contributed by atoms with Gasteiger partial charge in [-0.15, -0.1) is 0 Å². The Morgan fingerprint density at radius 2 is 1.91 bits per heavy atom. The van der Waals surface area contributed by atoms with Crippen molar-refractivity contribution in [1.82, 2.24) is 0 Å². The normalized spacial score (nSPS) is 18.9. The molecule has 0 aromatic carbocycles. The second kappa shape index (κ2) is 3.55. The van der Waals surface area contributed by atoms with Gasteiger partial charge in [-0.1, -0.05) is 0 Å². The molecule has 0 unspecified atom stereocenters. The zero-order valence-corrected chi connectivity index (χ0v) is 7.92. The third-order valence-corrected chi connectivity index (χ3v) is 1.22. The van der Waals surface area contributed by atoms with E-state index in [1.54, 1.807) is 12.4 Å². The molecule has 0 bridgehead atoms. The van der Waals surface area contributed by atoms with Crippen molar-refractivity contribution in [2.75, 3.05) is 6.61 Å². The first-order chi connectivity index (χ1) is 4.97. The molecule has 2 heterocycles. The first kappa shape index (κ1) is 8.30. The molecule has 59 valence electrons. The molecule has 0 fully saturated rings. The van der Waals surface area contributed by atoms with Gasteiger partial charge in [0.2, 0.25) is 0 Å². The number of hydrogen-bond acceptors (Lipinski definition) is 4. The van der Waals surface area contributed by atoms with E-state index in [4.69, 9.17) is 4.74 Å². The molecule has 0 atom stereocenters. The molecule has 0 amide bonds. The van der Waals surface area contributed by atoms with E-state index in [1.165, 1.54) is 6.40 Å². The third kappa shape index (κ3) is 1.61. The van der Waals surface area contributed by atoms with Crippen molar-refractivity contribution in [2.45, 2.75) is 0 Å². The van der Waals surface area contributed by atoms with Gasteiger partial charge in [-0.3, -0.25) is 0 Å². The van der Waals surface area contributed by atoms with Crippen LogP contribution in [-0.4, -0.2) is 25.4 Å². The molecule has 1 radical (unpaired) electrons. The number of hydrogen-bond donors (Lipinski definition) is 0. The molecule has 2 aliphatic heterocycles. The van der Waals surface area contributed by atoms with Crippen molar-refractivity contribution in [2.24, 2.45) is 15.0 Å². The molecule has 2 aliphatic rings. The van der Waals surface area contributed by atoms with E-state index in [1.807, 2.05) is 0 Å². The Balaban J connectivity index is 0.000000605. The second-order valence-electron chi connectivity index (χ2n) is 1.87. The van der Waals surface area contributed by atoms with Crippen LogP contribution in [0.25, 0.3) is 0 Å². The fraction of sp³-hybridized carbons (Fsp3) is 0.167. The summed E-state index contributed by atoms with van der Waals surface area (Å²) in [6.07, 6.45) is 4.68. The van der Waals surface area contributed by atoms with Crippen LogP contribution in [0.15, 0.2) is 26.5 Å². The van der Waals surface area contributed by atoms with Gasteiger partial charge in [0.15, 0.2) is 12.2 Å². The summed E-state index contributed by atoms with van der Waals surface area (Å²) in [6.45, 7) is 0.490. The van der Waals surface area contributed by atoms with Gasteiger partial charge >= 0.3 is 0 Å². The molecule has 11 heavy (non-hydrogen) atoms. The Bertz CT molecular complexity index is 253. The molecular formula is C6H5IrN3O. The van der Waals surface area contributed by atoms with Crippen molar-refractivity contribution in [3.8, 4) is 0 Å². The van der Waals surface area contributed by atoms with Crippen molar-refractivity contribution < 1.29 is 24.8 Å². The summed E-state index contributed by atoms with van der Waals surface area (Å²) in [7, 11) is 0. The molecule has 0 N–H and O–H groups in total. The van der Waals surface area contributed by atoms with Crippen LogP contribution >= 0.6 is 0 Å². The van der Waals surface area contributed by atoms with Crippen molar-refractivity contribution in [3.05, 3.63) is 11.5 Å². The van der Waals surface area contributed by atoms with Crippen LogP contribution in [0.2, 0.25) is 0 Å². The van der Waals surface area contributed by atoms with Gasteiger partial charge in [-0.2, -0.15) is 0 Å². The number of ether oxygens (including phenoxy) is 1. The Morgan fingerprint density at radius 3 is 2.45 bits per heavy atom. The molecule has 2 rings (SSSR count).